The van der Waals surface area contributed by atoms with Crippen LogP contribution in [-0.2, 0) is 6.42 Å². The van der Waals surface area contributed by atoms with Gasteiger partial charge in [-0.25, -0.2) is 4.79 Å². The van der Waals surface area contributed by atoms with Crippen LogP contribution in [0.2, 0.25) is 5.02 Å². The molecule has 4 heteroatoms. The standard InChI is InChI=1S/C16H16ClNO2/c17-13-8-9-15(14(11-13)16(19)20)18-10-4-7-12-5-2-1-3-6-12/h1-3,5-6,8-9,11,18H,4,7,10H2,(H,19,20). The van der Waals surface area contributed by atoms with Crippen molar-refractivity contribution in [3.8, 4) is 0 Å². The number of hydrogen-bond acceptors (Lipinski definition) is 2. The Bertz CT molecular complexity index is 584. The molecule has 0 unspecified atom stereocenters. The SMILES string of the molecule is O=C(O)c1cc(Cl)ccc1NCCCc1ccccc1. The van der Waals surface area contributed by atoms with Crippen molar-refractivity contribution in [2.45, 2.75) is 12.8 Å². The second-order valence-electron chi connectivity index (χ2n) is 4.51. The quantitative estimate of drug-likeness (QED) is 0.788. The predicted octanol–water partition coefficient (Wildman–Crippen LogP) is 4.08. The van der Waals surface area contributed by atoms with Crippen molar-refractivity contribution in [2.75, 3.05) is 11.9 Å². The number of aryl methyl sites for hydroxylation is 1. The van der Waals surface area contributed by atoms with Crippen molar-refractivity contribution < 1.29 is 9.90 Å². The number of carboxylic acids is 1. The molecular weight excluding hydrogens is 274 g/mol. The van der Waals surface area contributed by atoms with Gasteiger partial charge >= 0.3 is 5.97 Å². The molecule has 0 aromatic heterocycles. The molecule has 2 aromatic rings. The van der Waals surface area contributed by atoms with Gasteiger partial charge in [-0.2, -0.15) is 0 Å². The van der Waals surface area contributed by atoms with Crippen LogP contribution in [0, 0.1) is 0 Å². The van der Waals surface area contributed by atoms with E-state index in [4.69, 9.17) is 16.7 Å². The van der Waals surface area contributed by atoms with Gasteiger partial charge in [-0.3, -0.25) is 0 Å². The van der Waals surface area contributed by atoms with Crippen LogP contribution in [0.1, 0.15) is 22.3 Å². The van der Waals surface area contributed by atoms with Gasteiger partial charge in [0, 0.05) is 17.3 Å². The van der Waals surface area contributed by atoms with Gasteiger partial charge < -0.3 is 10.4 Å². The molecule has 0 amide bonds. The Balaban J connectivity index is 1.90. The van der Waals surface area contributed by atoms with Gasteiger partial charge in [-0.1, -0.05) is 41.9 Å². The molecule has 0 aliphatic heterocycles. The van der Waals surface area contributed by atoms with E-state index in [-0.39, 0.29) is 5.56 Å². The van der Waals surface area contributed by atoms with Gasteiger partial charge in [0.15, 0.2) is 0 Å². The molecule has 0 spiro atoms. The first-order valence-corrected chi connectivity index (χ1v) is 6.85. The molecule has 3 nitrogen and oxygen atoms in total. The molecule has 20 heavy (non-hydrogen) atoms. The molecule has 0 aliphatic carbocycles. The minimum absolute atomic E-state index is 0.206. The highest BCUT2D eigenvalue weighted by atomic mass is 35.5. The lowest BCUT2D eigenvalue weighted by Gasteiger charge is -2.10. The summed E-state index contributed by atoms with van der Waals surface area (Å²) in [6, 6.07) is 15.1. The molecule has 2 N–H and O–H groups in total. The van der Waals surface area contributed by atoms with Crippen LogP contribution in [-0.4, -0.2) is 17.6 Å². The highest BCUT2D eigenvalue weighted by Gasteiger charge is 2.10. The third-order valence-corrected chi connectivity index (χ3v) is 3.25. The largest absolute Gasteiger partial charge is 0.478 e. The maximum atomic E-state index is 11.1. The number of aromatic carboxylic acids is 1. The third kappa shape index (κ3) is 4.00. The second-order valence-corrected chi connectivity index (χ2v) is 4.95. The lowest BCUT2D eigenvalue weighted by molar-refractivity contribution is 0.0698. The van der Waals surface area contributed by atoms with E-state index < -0.39 is 5.97 Å². The Kier molecular flexibility index (Phi) is 5.02. The van der Waals surface area contributed by atoms with E-state index in [1.165, 1.54) is 11.6 Å². The Labute approximate surface area is 123 Å². The molecule has 0 radical (unpaired) electrons. The minimum Gasteiger partial charge on any atom is -0.478 e. The summed E-state index contributed by atoms with van der Waals surface area (Å²) in [5, 5.41) is 12.7. The third-order valence-electron chi connectivity index (χ3n) is 3.01. The van der Waals surface area contributed by atoms with Crippen molar-refractivity contribution in [3.05, 3.63) is 64.7 Å². The Hall–Kier alpha value is -2.00. The van der Waals surface area contributed by atoms with Gasteiger partial charge in [0.05, 0.1) is 5.56 Å². The van der Waals surface area contributed by atoms with Crippen LogP contribution in [0.25, 0.3) is 0 Å². The molecule has 0 heterocycles. The van der Waals surface area contributed by atoms with E-state index >= 15 is 0 Å². The lowest BCUT2D eigenvalue weighted by Crippen LogP contribution is -2.08. The summed E-state index contributed by atoms with van der Waals surface area (Å²) in [6.45, 7) is 0.719. The van der Waals surface area contributed by atoms with Gasteiger partial charge in [-0.15, -0.1) is 0 Å². The van der Waals surface area contributed by atoms with E-state index in [1.807, 2.05) is 18.2 Å². The number of nitrogens with one attached hydrogen (secondary N) is 1. The minimum atomic E-state index is -0.974. The second kappa shape index (κ2) is 6.96. The van der Waals surface area contributed by atoms with Crippen molar-refractivity contribution >= 4 is 23.3 Å². The summed E-state index contributed by atoms with van der Waals surface area (Å²) >= 11 is 5.81. The van der Waals surface area contributed by atoms with Crippen LogP contribution in [0.3, 0.4) is 0 Å². The van der Waals surface area contributed by atoms with Gasteiger partial charge in [0.2, 0.25) is 0 Å². The van der Waals surface area contributed by atoms with E-state index in [9.17, 15) is 4.79 Å². The summed E-state index contributed by atoms with van der Waals surface area (Å²) in [7, 11) is 0. The zero-order valence-corrected chi connectivity index (χ0v) is 11.7. The fraction of sp³-hybridized carbons (Fsp3) is 0.188. The maximum absolute atomic E-state index is 11.1. The first kappa shape index (κ1) is 14.4. The fourth-order valence-electron chi connectivity index (χ4n) is 2.01. The van der Waals surface area contributed by atoms with Crippen LogP contribution in [0.5, 0.6) is 0 Å². The Morgan fingerprint density at radius 1 is 1.15 bits per heavy atom. The Morgan fingerprint density at radius 3 is 2.60 bits per heavy atom. The number of hydrogen-bond donors (Lipinski definition) is 2. The summed E-state index contributed by atoms with van der Waals surface area (Å²) in [6.07, 6.45) is 1.90. The van der Waals surface area contributed by atoms with Crippen LogP contribution in [0.15, 0.2) is 48.5 Å². The number of rotatable bonds is 6. The molecule has 0 aliphatic rings. The zero-order chi connectivity index (χ0) is 14.4. The number of carboxylic acid groups (broad SMARTS) is 1. The van der Waals surface area contributed by atoms with Crippen LogP contribution in [0.4, 0.5) is 5.69 Å². The van der Waals surface area contributed by atoms with E-state index in [0.717, 1.165) is 19.4 Å². The predicted molar refractivity (Wildman–Crippen MR) is 81.7 cm³/mol. The molecule has 0 saturated heterocycles. The van der Waals surface area contributed by atoms with Crippen molar-refractivity contribution in [1.82, 2.24) is 0 Å². The van der Waals surface area contributed by atoms with Crippen molar-refractivity contribution in [3.63, 3.8) is 0 Å². The molecule has 0 atom stereocenters. The topological polar surface area (TPSA) is 49.3 Å². The molecule has 2 aromatic carbocycles. The van der Waals surface area contributed by atoms with Crippen LogP contribution >= 0.6 is 11.6 Å². The van der Waals surface area contributed by atoms with E-state index in [2.05, 4.69) is 17.4 Å². The fourth-order valence-corrected chi connectivity index (χ4v) is 2.18. The summed E-state index contributed by atoms with van der Waals surface area (Å²) < 4.78 is 0. The first-order chi connectivity index (χ1) is 9.66. The number of anilines is 1. The molecular formula is C16H16ClNO2. The molecule has 104 valence electrons. The van der Waals surface area contributed by atoms with Crippen molar-refractivity contribution in [1.29, 1.82) is 0 Å². The van der Waals surface area contributed by atoms with Gasteiger partial charge in [-0.05, 0) is 36.6 Å². The maximum Gasteiger partial charge on any atom is 0.337 e. The summed E-state index contributed by atoms with van der Waals surface area (Å²) in [4.78, 5) is 11.1. The zero-order valence-electron chi connectivity index (χ0n) is 11.0. The summed E-state index contributed by atoms with van der Waals surface area (Å²) in [5.41, 5.74) is 2.09. The first-order valence-electron chi connectivity index (χ1n) is 6.47. The molecule has 0 saturated carbocycles. The van der Waals surface area contributed by atoms with E-state index in [0.29, 0.717) is 10.7 Å². The average Bonchev–Trinajstić information content (AvgIpc) is 2.45. The normalized spacial score (nSPS) is 10.2. The summed E-state index contributed by atoms with van der Waals surface area (Å²) in [5.74, 6) is -0.974. The molecule has 0 bridgehead atoms. The number of benzene rings is 2. The highest BCUT2D eigenvalue weighted by Crippen LogP contribution is 2.20. The smallest absolute Gasteiger partial charge is 0.337 e. The lowest BCUT2D eigenvalue weighted by atomic mass is 10.1. The number of carbonyl (C=O) groups is 1. The molecule has 2 rings (SSSR count). The van der Waals surface area contributed by atoms with Gasteiger partial charge in [0.25, 0.3) is 0 Å². The highest BCUT2D eigenvalue weighted by molar-refractivity contribution is 6.31. The Morgan fingerprint density at radius 2 is 1.90 bits per heavy atom. The van der Waals surface area contributed by atoms with Crippen LogP contribution < -0.4 is 5.32 Å². The molecule has 0 fully saturated rings. The number of halogens is 1. The average molecular weight is 290 g/mol. The van der Waals surface area contributed by atoms with E-state index in [1.54, 1.807) is 12.1 Å². The van der Waals surface area contributed by atoms with Gasteiger partial charge in [0.1, 0.15) is 0 Å². The monoisotopic (exact) mass is 289 g/mol. The van der Waals surface area contributed by atoms with Crippen molar-refractivity contribution in [2.24, 2.45) is 0 Å².